The van der Waals surface area contributed by atoms with Gasteiger partial charge in [0, 0.05) is 47.2 Å². The van der Waals surface area contributed by atoms with Gasteiger partial charge in [-0.25, -0.2) is 23.5 Å². The number of fused-ring (bicyclic) bond motifs is 2. The summed E-state index contributed by atoms with van der Waals surface area (Å²) in [4.78, 5) is 29.5. The second-order valence-electron chi connectivity index (χ2n) is 11.6. The lowest BCUT2D eigenvalue weighted by Crippen LogP contribution is -2.29. The summed E-state index contributed by atoms with van der Waals surface area (Å²) in [7, 11) is -0.281. The predicted octanol–water partition coefficient (Wildman–Crippen LogP) is 4.55. The van der Waals surface area contributed by atoms with E-state index in [1.807, 2.05) is 0 Å². The Kier molecular flexibility index (Phi) is 7.13. The van der Waals surface area contributed by atoms with Crippen molar-refractivity contribution in [3.8, 4) is 5.82 Å². The Morgan fingerprint density at radius 2 is 1.98 bits per heavy atom. The maximum Gasteiger partial charge on any atom is 0.278 e. The molecular weight excluding hydrogens is 524 g/mol. The number of allylic oxidation sites excluding steroid dienone is 1. The highest BCUT2D eigenvalue weighted by Crippen LogP contribution is 2.34. The molecule has 0 unspecified atom stereocenters. The van der Waals surface area contributed by atoms with Gasteiger partial charge in [0.05, 0.1) is 6.54 Å². The van der Waals surface area contributed by atoms with Gasteiger partial charge in [-0.2, -0.15) is 9.35 Å². The topological polar surface area (TPSA) is 110 Å². The zero-order chi connectivity index (χ0) is 28.8. The molecule has 0 fully saturated rings. The van der Waals surface area contributed by atoms with Gasteiger partial charge in [-0.1, -0.05) is 32.9 Å². The van der Waals surface area contributed by atoms with Crippen molar-refractivity contribution < 1.29 is 4.21 Å². The van der Waals surface area contributed by atoms with E-state index in [-0.39, 0.29) is 17.5 Å². The van der Waals surface area contributed by atoms with E-state index < -0.39 is 9.73 Å². The minimum atomic E-state index is -2.42. The van der Waals surface area contributed by atoms with Crippen molar-refractivity contribution in [1.82, 2.24) is 29.2 Å². The van der Waals surface area contributed by atoms with E-state index in [0.717, 1.165) is 25.2 Å². The molecule has 1 N–H and O–H groups in total. The van der Waals surface area contributed by atoms with Crippen LogP contribution < -0.4 is 10.9 Å². The number of benzene rings is 1. The minimum absolute atomic E-state index is 0.0208. The van der Waals surface area contributed by atoms with Crippen LogP contribution in [0.25, 0.3) is 16.9 Å². The van der Waals surface area contributed by atoms with E-state index in [4.69, 9.17) is 4.98 Å². The van der Waals surface area contributed by atoms with Crippen LogP contribution in [0.15, 0.2) is 58.3 Å². The van der Waals surface area contributed by atoms with Crippen LogP contribution in [0.2, 0.25) is 0 Å². The molecule has 1 aliphatic rings. The molecule has 0 aliphatic carbocycles. The maximum atomic E-state index is 13.3. The van der Waals surface area contributed by atoms with Gasteiger partial charge in [-0.3, -0.25) is 4.79 Å². The second-order valence-corrected chi connectivity index (χ2v) is 14.1. The van der Waals surface area contributed by atoms with Crippen LogP contribution in [0.4, 0.5) is 17.5 Å². The molecule has 0 radical (unpaired) electrons. The fourth-order valence-corrected chi connectivity index (χ4v) is 5.68. The summed E-state index contributed by atoms with van der Waals surface area (Å²) in [5.74, 6) is 1.11. The van der Waals surface area contributed by atoms with Crippen LogP contribution in [-0.4, -0.2) is 59.5 Å². The molecule has 0 saturated carbocycles. The molecule has 0 atom stereocenters. The Morgan fingerprint density at radius 1 is 1.20 bits per heavy atom. The second kappa shape index (κ2) is 10.3. The Morgan fingerprint density at radius 3 is 2.67 bits per heavy atom. The molecule has 5 rings (SSSR count). The SMILES string of the molecule is C=CCn1c(=O)c2cnc(Nc3cc4c(c(C(C)(C)C)c3)CCN(C)C4)nc2n1-c1cccc(N=S(C)(C)=O)n1. The molecule has 0 amide bonds. The Balaban J connectivity index is 1.64. The van der Waals surface area contributed by atoms with Gasteiger partial charge in [-0.05, 0) is 59.8 Å². The summed E-state index contributed by atoms with van der Waals surface area (Å²) in [6, 6.07) is 9.56. The van der Waals surface area contributed by atoms with Gasteiger partial charge < -0.3 is 10.2 Å². The maximum absolute atomic E-state index is 13.3. The average molecular weight is 561 g/mol. The predicted molar refractivity (Wildman–Crippen MR) is 162 cm³/mol. The summed E-state index contributed by atoms with van der Waals surface area (Å²) in [5.41, 5.74) is 5.05. The van der Waals surface area contributed by atoms with Crippen molar-refractivity contribution in [3.63, 3.8) is 0 Å². The van der Waals surface area contributed by atoms with Crippen molar-refractivity contribution in [2.45, 2.75) is 45.7 Å². The van der Waals surface area contributed by atoms with E-state index in [9.17, 15) is 9.00 Å². The highest BCUT2D eigenvalue weighted by atomic mass is 32.2. The van der Waals surface area contributed by atoms with Crippen LogP contribution in [0.1, 0.15) is 37.5 Å². The highest BCUT2D eigenvalue weighted by molar-refractivity contribution is 7.92. The van der Waals surface area contributed by atoms with Crippen LogP contribution in [-0.2, 0) is 34.7 Å². The lowest BCUT2D eigenvalue weighted by molar-refractivity contribution is 0.311. The minimum Gasteiger partial charge on any atom is -0.324 e. The Labute approximate surface area is 235 Å². The molecule has 40 heavy (non-hydrogen) atoms. The van der Waals surface area contributed by atoms with Crippen molar-refractivity contribution in [3.05, 3.63) is 76.2 Å². The molecule has 0 spiro atoms. The summed E-state index contributed by atoms with van der Waals surface area (Å²) in [6.07, 6.45) is 7.30. The molecule has 10 nitrogen and oxygen atoms in total. The first-order valence-electron chi connectivity index (χ1n) is 13.2. The summed E-state index contributed by atoms with van der Waals surface area (Å²) < 4.78 is 19.7. The standard InChI is InChI=1S/C29H36N8O2S/c1-8-13-36-27(38)22-17-30-28(33-26(22)37(36)25-11-9-10-24(32-25)34-40(6,7)39)31-20-15-19-18-35(5)14-12-21(19)23(16-20)29(2,3)4/h8-11,15-17H,1,12-14,18H2,2-7H3,(H,30,31,33). The number of hydrogen-bond donors (Lipinski definition) is 1. The molecule has 4 heterocycles. The van der Waals surface area contributed by atoms with E-state index in [2.05, 4.69) is 71.1 Å². The van der Waals surface area contributed by atoms with E-state index in [0.29, 0.717) is 28.6 Å². The molecule has 0 bridgehead atoms. The molecule has 210 valence electrons. The van der Waals surface area contributed by atoms with Gasteiger partial charge in [0.15, 0.2) is 17.3 Å². The number of anilines is 2. The van der Waals surface area contributed by atoms with Gasteiger partial charge in [0.25, 0.3) is 5.56 Å². The highest BCUT2D eigenvalue weighted by Gasteiger charge is 2.25. The van der Waals surface area contributed by atoms with E-state index >= 15 is 0 Å². The first kappa shape index (κ1) is 27.7. The third kappa shape index (κ3) is 5.57. The van der Waals surface area contributed by atoms with Crippen LogP contribution in [0.5, 0.6) is 0 Å². The number of nitrogens with one attached hydrogen (secondary N) is 1. The van der Waals surface area contributed by atoms with Gasteiger partial charge >= 0.3 is 0 Å². The van der Waals surface area contributed by atoms with Crippen molar-refractivity contribution in [2.75, 3.05) is 31.4 Å². The van der Waals surface area contributed by atoms with Gasteiger partial charge in [0.1, 0.15) is 5.39 Å². The number of likely N-dealkylation sites (N-methyl/N-ethyl adjacent to an activating group) is 1. The summed E-state index contributed by atoms with van der Waals surface area (Å²) >= 11 is 0. The molecule has 1 aliphatic heterocycles. The summed E-state index contributed by atoms with van der Waals surface area (Å²) in [5, 5.41) is 3.75. The Bertz CT molecular complexity index is 1800. The molecule has 0 saturated heterocycles. The average Bonchev–Trinajstić information content (AvgIpc) is 3.13. The zero-order valence-electron chi connectivity index (χ0n) is 23.9. The normalized spacial score (nSPS) is 14.2. The quantitative estimate of drug-likeness (QED) is 0.345. The molecule has 1 aromatic carbocycles. The zero-order valence-corrected chi connectivity index (χ0v) is 24.7. The number of aromatic nitrogens is 5. The summed E-state index contributed by atoms with van der Waals surface area (Å²) in [6.45, 7) is 12.7. The van der Waals surface area contributed by atoms with E-state index in [1.54, 1.807) is 47.7 Å². The lowest BCUT2D eigenvalue weighted by atomic mass is 9.79. The van der Waals surface area contributed by atoms with Crippen molar-refractivity contribution >= 4 is 38.2 Å². The third-order valence-electron chi connectivity index (χ3n) is 6.82. The van der Waals surface area contributed by atoms with Crippen molar-refractivity contribution in [1.29, 1.82) is 0 Å². The van der Waals surface area contributed by atoms with Gasteiger partial charge in [-0.15, -0.1) is 6.58 Å². The fraction of sp³-hybridized carbons (Fsp3) is 0.379. The van der Waals surface area contributed by atoms with E-state index in [1.165, 1.54) is 21.4 Å². The lowest BCUT2D eigenvalue weighted by Gasteiger charge is -2.32. The molecule has 4 aromatic rings. The molecule has 11 heteroatoms. The number of nitrogens with zero attached hydrogens (tertiary/aromatic N) is 7. The first-order valence-corrected chi connectivity index (χ1v) is 15.5. The number of pyridine rings is 1. The first-order chi connectivity index (χ1) is 18.8. The van der Waals surface area contributed by atoms with Crippen LogP contribution in [0, 0.1) is 0 Å². The fourth-order valence-electron chi connectivity index (χ4n) is 5.13. The number of rotatable bonds is 6. The van der Waals surface area contributed by atoms with Crippen molar-refractivity contribution in [2.24, 2.45) is 4.36 Å². The largest absolute Gasteiger partial charge is 0.324 e. The monoisotopic (exact) mass is 560 g/mol. The van der Waals surface area contributed by atoms with Gasteiger partial charge in [0.2, 0.25) is 5.95 Å². The third-order valence-corrected chi connectivity index (χ3v) is 7.44. The number of hydrogen-bond acceptors (Lipinski definition) is 8. The molecular formula is C29H36N8O2S. The van der Waals surface area contributed by atoms with Crippen LogP contribution in [0.3, 0.4) is 0 Å². The molecule has 3 aromatic heterocycles. The smallest absolute Gasteiger partial charge is 0.278 e. The Hall–Kier alpha value is -3.83. The van der Waals surface area contributed by atoms with Crippen LogP contribution >= 0.6 is 0 Å².